The van der Waals surface area contributed by atoms with Gasteiger partial charge in [-0.05, 0) is 6.92 Å². The predicted octanol–water partition coefficient (Wildman–Crippen LogP) is 2.14. The zero-order chi connectivity index (χ0) is 11.2. The zero-order valence-corrected chi connectivity index (χ0v) is 9.86. The van der Waals surface area contributed by atoms with Gasteiger partial charge in [-0.2, -0.15) is 0 Å². The van der Waals surface area contributed by atoms with Crippen LogP contribution in [0.2, 0.25) is 0 Å². The number of hydrogen-bond donors (Lipinski definition) is 0. The summed E-state index contributed by atoms with van der Waals surface area (Å²) in [7, 11) is 3.34. The van der Waals surface area contributed by atoms with Crippen molar-refractivity contribution in [3.05, 3.63) is 0 Å². The molecule has 1 atom stereocenters. The van der Waals surface area contributed by atoms with Crippen molar-refractivity contribution in [1.82, 2.24) is 0 Å². The van der Waals surface area contributed by atoms with E-state index in [-0.39, 0.29) is 6.10 Å². The smallest absolute Gasteiger partial charge is 0.169 e. The summed E-state index contributed by atoms with van der Waals surface area (Å²) in [6.07, 6.45) is 3.84. The highest BCUT2D eigenvalue weighted by Crippen LogP contribution is 1.94. The molecule has 0 aromatic rings. The summed E-state index contributed by atoms with van der Waals surface area (Å²) in [6, 6.07) is 0. The van der Waals surface area contributed by atoms with Gasteiger partial charge in [-0.3, -0.25) is 9.98 Å². The maximum absolute atomic E-state index is 5.16. The lowest BCUT2D eigenvalue weighted by molar-refractivity contribution is 0.173. The first-order chi connectivity index (χ1) is 6.81. The molecule has 0 saturated carbocycles. The lowest BCUT2D eigenvalue weighted by atomic mass is 10.3. The predicted molar refractivity (Wildman–Crippen MR) is 61.3 cm³/mol. The summed E-state index contributed by atoms with van der Waals surface area (Å²) in [6.45, 7) is 6.59. The molecule has 0 aliphatic carbocycles. The van der Waals surface area contributed by atoms with Gasteiger partial charge < -0.3 is 9.47 Å². The number of nitrogens with zero attached hydrogens (tertiary/aromatic N) is 2. The van der Waals surface area contributed by atoms with Gasteiger partial charge in [-0.25, -0.2) is 0 Å². The Balaban J connectivity index is 0. The fourth-order valence-corrected chi connectivity index (χ4v) is 0.594. The average Bonchev–Trinajstić information content (AvgIpc) is 2.24. The van der Waals surface area contributed by atoms with Gasteiger partial charge in [-0.1, -0.05) is 13.8 Å². The first kappa shape index (κ1) is 15.4. The Bertz CT molecular complexity index is 147. The van der Waals surface area contributed by atoms with Crippen molar-refractivity contribution in [3.8, 4) is 0 Å². The van der Waals surface area contributed by atoms with Crippen LogP contribution in [0.5, 0.6) is 0 Å². The minimum absolute atomic E-state index is 0.138. The van der Waals surface area contributed by atoms with Crippen molar-refractivity contribution in [2.24, 2.45) is 9.98 Å². The van der Waals surface area contributed by atoms with Crippen molar-refractivity contribution in [2.45, 2.75) is 33.3 Å². The molecule has 4 nitrogen and oxygen atoms in total. The van der Waals surface area contributed by atoms with E-state index in [9.17, 15) is 0 Å². The second kappa shape index (κ2) is 14.5. The highest BCUT2D eigenvalue weighted by molar-refractivity contribution is 5.46. The number of aliphatic imine (C=N–C) groups is 2. The summed E-state index contributed by atoms with van der Waals surface area (Å²) >= 11 is 0. The molecular formula is C10H22N2O2. The maximum atomic E-state index is 5.16. The molecule has 0 heterocycles. The van der Waals surface area contributed by atoms with Gasteiger partial charge in [0.2, 0.25) is 0 Å². The molecule has 0 aliphatic rings. The Morgan fingerprint density at radius 3 is 2.21 bits per heavy atom. The molecule has 0 spiro atoms. The average molecular weight is 202 g/mol. The largest absolute Gasteiger partial charge is 0.483 e. The summed E-state index contributed by atoms with van der Waals surface area (Å²) in [5.41, 5.74) is 0. The number of ether oxygens (including phenoxy) is 2. The van der Waals surface area contributed by atoms with Crippen molar-refractivity contribution >= 4 is 12.8 Å². The molecule has 0 aromatic heterocycles. The molecule has 0 aromatic carbocycles. The molecule has 0 bridgehead atoms. The van der Waals surface area contributed by atoms with Crippen molar-refractivity contribution in [1.29, 1.82) is 0 Å². The van der Waals surface area contributed by atoms with E-state index >= 15 is 0 Å². The maximum Gasteiger partial charge on any atom is 0.169 e. The molecule has 4 heteroatoms. The summed E-state index contributed by atoms with van der Waals surface area (Å²) < 4.78 is 10.2. The Labute approximate surface area is 87.0 Å². The Morgan fingerprint density at radius 2 is 1.71 bits per heavy atom. The number of rotatable bonds is 6. The second-order valence-electron chi connectivity index (χ2n) is 2.33. The van der Waals surface area contributed by atoms with E-state index in [1.165, 1.54) is 12.8 Å². The zero-order valence-electron chi connectivity index (χ0n) is 9.86. The monoisotopic (exact) mass is 202 g/mol. The standard InChI is InChI=1S/C8H16N2O2.C2H6/c1-8(12-7-10-3)4-5-11-6-9-2;1-2/h6-8H,4-5H2,1-3H3;1-2H3. The van der Waals surface area contributed by atoms with Crippen LogP contribution in [-0.4, -0.2) is 39.6 Å². The molecule has 14 heavy (non-hydrogen) atoms. The third-order valence-corrected chi connectivity index (χ3v) is 1.22. The lowest BCUT2D eigenvalue weighted by Gasteiger charge is -2.08. The van der Waals surface area contributed by atoms with Gasteiger partial charge >= 0.3 is 0 Å². The van der Waals surface area contributed by atoms with E-state index in [4.69, 9.17) is 9.47 Å². The van der Waals surface area contributed by atoms with Crippen LogP contribution in [0.3, 0.4) is 0 Å². The van der Waals surface area contributed by atoms with Crippen LogP contribution in [0.1, 0.15) is 27.2 Å². The third-order valence-electron chi connectivity index (χ3n) is 1.22. The van der Waals surface area contributed by atoms with E-state index in [1.54, 1.807) is 14.1 Å². The molecule has 0 aliphatic heterocycles. The van der Waals surface area contributed by atoms with E-state index in [0.717, 1.165) is 6.42 Å². The Hall–Kier alpha value is -1.06. The van der Waals surface area contributed by atoms with E-state index < -0.39 is 0 Å². The van der Waals surface area contributed by atoms with Crippen LogP contribution >= 0.6 is 0 Å². The van der Waals surface area contributed by atoms with Crippen LogP contribution < -0.4 is 0 Å². The number of hydrogen-bond acceptors (Lipinski definition) is 4. The molecule has 84 valence electrons. The molecule has 0 rings (SSSR count). The topological polar surface area (TPSA) is 43.2 Å². The van der Waals surface area contributed by atoms with E-state index in [1.807, 2.05) is 20.8 Å². The molecule has 0 saturated heterocycles. The van der Waals surface area contributed by atoms with Crippen LogP contribution in [0.25, 0.3) is 0 Å². The van der Waals surface area contributed by atoms with Gasteiger partial charge in [0.15, 0.2) is 12.8 Å². The summed E-state index contributed by atoms with van der Waals surface area (Å²) in [4.78, 5) is 7.39. The third kappa shape index (κ3) is 13.5. The van der Waals surface area contributed by atoms with Gasteiger partial charge in [0, 0.05) is 20.5 Å². The SMILES string of the molecule is CC.CN=COCCC(C)OC=NC. The molecular weight excluding hydrogens is 180 g/mol. The summed E-state index contributed by atoms with van der Waals surface area (Å²) in [5.74, 6) is 0. The van der Waals surface area contributed by atoms with Crippen LogP contribution in [0, 0.1) is 0 Å². The quantitative estimate of drug-likeness (QED) is 0.376. The second-order valence-corrected chi connectivity index (χ2v) is 2.33. The van der Waals surface area contributed by atoms with Gasteiger partial charge in [-0.15, -0.1) is 0 Å². The van der Waals surface area contributed by atoms with Gasteiger partial charge in [0.05, 0.1) is 6.61 Å². The Kier molecular flexibility index (Phi) is 15.9. The van der Waals surface area contributed by atoms with Crippen LogP contribution in [-0.2, 0) is 9.47 Å². The van der Waals surface area contributed by atoms with E-state index in [0.29, 0.717) is 6.61 Å². The first-order valence-electron chi connectivity index (χ1n) is 4.89. The molecule has 0 N–H and O–H groups in total. The van der Waals surface area contributed by atoms with Crippen molar-refractivity contribution in [3.63, 3.8) is 0 Å². The lowest BCUT2D eigenvalue weighted by Crippen LogP contribution is -2.10. The van der Waals surface area contributed by atoms with Gasteiger partial charge in [0.1, 0.15) is 6.10 Å². The highest BCUT2D eigenvalue weighted by atomic mass is 16.5. The fourth-order valence-electron chi connectivity index (χ4n) is 0.594. The minimum atomic E-state index is 0.138. The minimum Gasteiger partial charge on any atom is -0.483 e. The Morgan fingerprint density at radius 1 is 1.14 bits per heavy atom. The van der Waals surface area contributed by atoms with Crippen molar-refractivity contribution < 1.29 is 9.47 Å². The molecule has 0 radical (unpaired) electrons. The van der Waals surface area contributed by atoms with Crippen LogP contribution in [0.15, 0.2) is 9.98 Å². The highest BCUT2D eigenvalue weighted by Gasteiger charge is 1.98. The first-order valence-corrected chi connectivity index (χ1v) is 4.89. The summed E-state index contributed by atoms with van der Waals surface area (Å²) in [5, 5.41) is 0. The fraction of sp³-hybridized carbons (Fsp3) is 0.800. The van der Waals surface area contributed by atoms with Gasteiger partial charge in [0.25, 0.3) is 0 Å². The van der Waals surface area contributed by atoms with Crippen molar-refractivity contribution in [2.75, 3.05) is 20.7 Å². The normalized spacial score (nSPS) is 12.4. The molecule has 1 unspecified atom stereocenters. The van der Waals surface area contributed by atoms with E-state index in [2.05, 4.69) is 9.98 Å². The molecule has 0 amide bonds. The van der Waals surface area contributed by atoms with Crippen LogP contribution in [0.4, 0.5) is 0 Å². The molecule has 0 fully saturated rings.